The highest BCUT2D eigenvalue weighted by molar-refractivity contribution is 5.84. The smallest absolute Gasteiger partial charge is 0.337 e. The largest absolute Gasteiger partial charge is 0.418 e. The number of halogens is 3. The van der Waals surface area contributed by atoms with Gasteiger partial charge in [0.15, 0.2) is 0 Å². The second-order valence-electron chi connectivity index (χ2n) is 9.84. The van der Waals surface area contributed by atoms with Gasteiger partial charge in [-0.05, 0) is 43.7 Å². The summed E-state index contributed by atoms with van der Waals surface area (Å²) in [6.45, 7) is 6.78. The number of hydrogen-bond acceptors (Lipinski definition) is 6. The van der Waals surface area contributed by atoms with E-state index in [4.69, 9.17) is 0 Å². The number of aromatic nitrogens is 5. The Morgan fingerprint density at radius 3 is 2.44 bits per heavy atom. The van der Waals surface area contributed by atoms with E-state index in [1.54, 1.807) is 44.4 Å². The molecule has 3 aromatic heterocycles. The van der Waals surface area contributed by atoms with Crippen LogP contribution in [-0.4, -0.2) is 60.8 Å². The van der Waals surface area contributed by atoms with Gasteiger partial charge in [-0.15, -0.1) is 0 Å². The van der Waals surface area contributed by atoms with Gasteiger partial charge >= 0.3 is 6.18 Å². The molecule has 1 amide bonds. The molecule has 0 radical (unpaired) electrons. The second kappa shape index (κ2) is 9.83. The average Bonchev–Trinajstić information content (AvgIpc) is 3.12. The van der Waals surface area contributed by atoms with Gasteiger partial charge < -0.3 is 9.80 Å². The Morgan fingerprint density at radius 1 is 1.08 bits per heavy atom. The molecule has 39 heavy (non-hydrogen) atoms. The van der Waals surface area contributed by atoms with Crippen LogP contribution in [0.15, 0.2) is 47.5 Å². The van der Waals surface area contributed by atoms with Gasteiger partial charge in [0.05, 0.1) is 28.7 Å². The maximum atomic E-state index is 13.7. The molecule has 0 saturated carbocycles. The Morgan fingerprint density at radius 2 is 1.79 bits per heavy atom. The summed E-state index contributed by atoms with van der Waals surface area (Å²) in [5, 5.41) is 0.386. The summed E-state index contributed by atoms with van der Waals surface area (Å²) in [5.41, 5.74) is 1.04. The van der Waals surface area contributed by atoms with E-state index in [0.29, 0.717) is 47.7 Å². The van der Waals surface area contributed by atoms with E-state index in [2.05, 4.69) is 15.0 Å². The summed E-state index contributed by atoms with van der Waals surface area (Å²) in [4.78, 5) is 41.7. The molecule has 4 heterocycles. The third-order valence-electron chi connectivity index (χ3n) is 7.17. The molecule has 0 spiro atoms. The molecule has 1 saturated heterocycles. The number of amides is 1. The molecule has 9 nitrogen and oxygen atoms in total. The fourth-order valence-corrected chi connectivity index (χ4v) is 5.11. The normalized spacial score (nSPS) is 16.2. The van der Waals surface area contributed by atoms with E-state index in [1.807, 2.05) is 16.7 Å². The first-order valence-electron chi connectivity index (χ1n) is 12.5. The Balaban J connectivity index is 1.47. The van der Waals surface area contributed by atoms with Crippen molar-refractivity contribution in [3.05, 3.63) is 70.0 Å². The van der Waals surface area contributed by atoms with Crippen molar-refractivity contribution in [1.29, 1.82) is 0 Å². The Kier molecular flexibility index (Phi) is 6.65. The molecular formula is C27H28F3N7O2. The number of benzene rings is 1. The molecule has 0 unspecified atom stereocenters. The Labute approximate surface area is 222 Å². The second-order valence-corrected chi connectivity index (χ2v) is 9.84. The number of fused-ring (bicyclic) bond motifs is 1. The van der Waals surface area contributed by atoms with Crippen LogP contribution in [0, 0.1) is 6.92 Å². The van der Waals surface area contributed by atoms with Gasteiger partial charge in [0, 0.05) is 63.3 Å². The Bertz CT molecular complexity index is 1610. The highest BCUT2D eigenvalue weighted by atomic mass is 19.4. The number of hydrogen-bond donors (Lipinski definition) is 0. The first kappa shape index (κ1) is 26.4. The lowest BCUT2D eigenvalue weighted by atomic mass is 10.1. The van der Waals surface area contributed by atoms with Crippen LogP contribution in [0.2, 0.25) is 0 Å². The van der Waals surface area contributed by atoms with Crippen LogP contribution in [-0.2, 0) is 24.6 Å². The number of anilines is 1. The lowest BCUT2D eigenvalue weighted by Gasteiger charge is -2.39. The molecule has 1 atom stereocenters. The van der Waals surface area contributed by atoms with Crippen LogP contribution < -0.4 is 10.5 Å². The molecule has 5 rings (SSSR count). The highest BCUT2D eigenvalue weighted by Gasteiger charge is 2.34. The van der Waals surface area contributed by atoms with E-state index < -0.39 is 11.7 Å². The van der Waals surface area contributed by atoms with Crippen LogP contribution in [0.3, 0.4) is 0 Å². The molecule has 204 valence electrons. The molecule has 4 aromatic rings. The standard InChI is InChI=1S/C27H28F3N7O2/c1-16-5-8-22(27(28,29)30)23(33-16)15-37-24-11-19(6-7-21(24)25(39)34(37)4)20-12-31-26(32-13-20)35-9-10-36(18(3)38)17(2)14-35/h5-8,11-13,17H,9-10,14-15H2,1-4H3/t17-/m1/s1. The van der Waals surface area contributed by atoms with Crippen molar-refractivity contribution in [2.45, 2.75) is 39.5 Å². The summed E-state index contributed by atoms with van der Waals surface area (Å²) >= 11 is 0. The van der Waals surface area contributed by atoms with Crippen LogP contribution in [0.4, 0.5) is 19.1 Å². The fraction of sp³-hybridized carbons (Fsp3) is 0.370. The number of aryl methyl sites for hydroxylation is 1. The van der Waals surface area contributed by atoms with Crippen molar-refractivity contribution >= 4 is 22.8 Å². The number of carbonyl (C=O) groups excluding carboxylic acids is 1. The van der Waals surface area contributed by atoms with Crippen molar-refractivity contribution in [3.8, 4) is 11.1 Å². The number of pyridine rings is 1. The van der Waals surface area contributed by atoms with Gasteiger partial charge in [-0.1, -0.05) is 6.07 Å². The maximum Gasteiger partial charge on any atom is 0.418 e. The van der Waals surface area contributed by atoms with E-state index in [0.717, 1.165) is 11.6 Å². The lowest BCUT2D eigenvalue weighted by molar-refractivity contribution is -0.138. The molecule has 1 aliphatic rings. The monoisotopic (exact) mass is 539 g/mol. The third-order valence-corrected chi connectivity index (χ3v) is 7.17. The molecule has 1 fully saturated rings. The van der Waals surface area contributed by atoms with Crippen molar-refractivity contribution in [1.82, 2.24) is 29.2 Å². The zero-order chi connectivity index (χ0) is 28.1. The highest BCUT2D eigenvalue weighted by Crippen LogP contribution is 2.32. The predicted molar refractivity (Wildman–Crippen MR) is 140 cm³/mol. The van der Waals surface area contributed by atoms with Crippen molar-refractivity contribution in [2.75, 3.05) is 24.5 Å². The number of alkyl halides is 3. The average molecular weight is 540 g/mol. The first-order chi connectivity index (χ1) is 18.4. The summed E-state index contributed by atoms with van der Waals surface area (Å²) < 4.78 is 43.8. The summed E-state index contributed by atoms with van der Waals surface area (Å²) in [6, 6.07) is 7.57. The number of carbonyl (C=O) groups is 1. The predicted octanol–water partition coefficient (Wildman–Crippen LogP) is 3.62. The van der Waals surface area contributed by atoms with Gasteiger partial charge in [0.1, 0.15) is 0 Å². The van der Waals surface area contributed by atoms with Gasteiger partial charge in [0.2, 0.25) is 11.9 Å². The molecule has 12 heteroatoms. The van der Waals surface area contributed by atoms with Crippen LogP contribution in [0.5, 0.6) is 0 Å². The van der Waals surface area contributed by atoms with Gasteiger partial charge in [-0.3, -0.25) is 23.9 Å². The molecule has 0 bridgehead atoms. The Hall–Kier alpha value is -4.22. The van der Waals surface area contributed by atoms with Gasteiger partial charge in [0.25, 0.3) is 5.56 Å². The van der Waals surface area contributed by atoms with Crippen molar-refractivity contribution in [3.63, 3.8) is 0 Å². The molecule has 1 aliphatic heterocycles. The van der Waals surface area contributed by atoms with Crippen molar-refractivity contribution in [2.24, 2.45) is 7.05 Å². The summed E-state index contributed by atoms with van der Waals surface area (Å²) in [6.07, 6.45) is -1.21. The van der Waals surface area contributed by atoms with Gasteiger partial charge in [-0.25, -0.2) is 9.97 Å². The van der Waals surface area contributed by atoms with E-state index in [9.17, 15) is 22.8 Å². The maximum absolute atomic E-state index is 13.7. The topological polar surface area (TPSA) is 89.2 Å². The lowest BCUT2D eigenvalue weighted by Crippen LogP contribution is -2.53. The molecule has 0 aliphatic carbocycles. The minimum Gasteiger partial charge on any atom is -0.337 e. The fourth-order valence-electron chi connectivity index (χ4n) is 5.11. The van der Waals surface area contributed by atoms with Crippen molar-refractivity contribution < 1.29 is 18.0 Å². The molecular weight excluding hydrogens is 511 g/mol. The summed E-state index contributed by atoms with van der Waals surface area (Å²) in [5.74, 6) is 0.595. The van der Waals surface area contributed by atoms with E-state index in [1.165, 1.54) is 22.5 Å². The minimum atomic E-state index is -4.57. The minimum absolute atomic E-state index is 0.0394. The third kappa shape index (κ3) is 4.98. The molecule has 1 aromatic carbocycles. The first-order valence-corrected chi connectivity index (χ1v) is 12.5. The summed E-state index contributed by atoms with van der Waals surface area (Å²) in [7, 11) is 1.52. The van der Waals surface area contributed by atoms with Gasteiger partial charge in [-0.2, -0.15) is 13.2 Å². The number of nitrogens with zero attached hydrogens (tertiary/aromatic N) is 7. The number of rotatable bonds is 4. The quantitative estimate of drug-likeness (QED) is 0.394. The zero-order valence-corrected chi connectivity index (χ0v) is 22.0. The molecule has 0 N–H and O–H groups in total. The van der Waals surface area contributed by atoms with Crippen LogP contribution in [0.1, 0.15) is 30.8 Å². The van der Waals surface area contributed by atoms with Crippen LogP contribution in [0.25, 0.3) is 22.0 Å². The van der Waals surface area contributed by atoms with E-state index in [-0.39, 0.29) is 29.7 Å². The van der Waals surface area contributed by atoms with Crippen LogP contribution >= 0.6 is 0 Å². The number of piperazine rings is 1. The SMILES string of the molecule is CC(=O)N1CCN(c2ncc(-c3ccc4c(=O)n(C)n(Cc5nc(C)ccc5C(F)(F)F)c4c3)cn2)C[C@H]1C. The zero-order valence-electron chi connectivity index (χ0n) is 22.0. The van der Waals surface area contributed by atoms with E-state index >= 15 is 0 Å².